The van der Waals surface area contributed by atoms with Gasteiger partial charge < -0.3 is 10.2 Å². The molecule has 1 aliphatic rings. The predicted octanol–water partition coefficient (Wildman–Crippen LogP) is 2.32. The number of nitrogens with one attached hydrogen (secondary N) is 1. The van der Waals surface area contributed by atoms with Crippen LogP contribution in [0.5, 0.6) is 0 Å². The Bertz CT molecular complexity index is 388. The van der Waals surface area contributed by atoms with Crippen molar-refractivity contribution in [2.75, 3.05) is 24.5 Å². The van der Waals surface area contributed by atoms with E-state index in [0.29, 0.717) is 0 Å². The lowest BCUT2D eigenvalue weighted by molar-refractivity contribution is 0.352. The van der Waals surface area contributed by atoms with Crippen LogP contribution in [0.2, 0.25) is 0 Å². The van der Waals surface area contributed by atoms with E-state index >= 15 is 0 Å². The van der Waals surface area contributed by atoms with Gasteiger partial charge in [-0.2, -0.15) is 0 Å². The second-order valence-corrected chi connectivity index (χ2v) is 5.16. The van der Waals surface area contributed by atoms with Crippen molar-refractivity contribution in [2.45, 2.75) is 26.3 Å². The summed E-state index contributed by atoms with van der Waals surface area (Å²) in [5.74, 6) is -0.156. The minimum Gasteiger partial charge on any atom is -0.368 e. The van der Waals surface area contributed by atoms with Gasteiger partial charge in [-0.05, 0) is 38.5 Å². The number of piperazine rings is 1. The predicted molar refractivity (Wildman–Crippen MR) is 65.4 cm³/mol. The van der Waals surface area contributed by atoms with E-state index in [-0.39, 0.29) is 11.4 Å². The van der Waals surface area contributed by atoms with Crippen molar-refractivity contribution < 1.29 is 4.39 Å². The fraction of sp³-hybridized carbons (Fsp3) is 0.538. The zero-order valence-corrected chi connectivity index (χ0v) is 10.2. The van der Waals surface area contributed by atoms with Crippen molar-refractivity contribution >= 4 is 5.69 Å². The lowest BCUT2D eigenvalue weighted by atomic mass is 10.0. The zero-order valence-electron chi connectivity index (χ0n) is 10.2. The first-order valence-electron chi connectivity index (χ1n) is 5.74. The van der Waals surface area contributed by atoms with E-state index in [9.17, 15) is 4.39 Å². The van der Waals surface area contributed by atoms with Crippen LogP contribution in [-0.4, -0.2) is 25.2 Å². The van der Waals surface area contributed by atoms with Crippen molar-refractivity contribution in [1.82, 2.24) is 5.32 Å². The summed E-state index contributed by atoms with van der Waals surface area (Å²) in [7, 11) is 0. The molecule has 0 spiro atoms. The number of benzene rings is 1. The highest BCUT2D eigenvalue weighted by molar-refractivity contribution is 5.54. The van der Waals surface area contributed by atoms with Crippen molar-refractivity contribution in [3.05, 3.63) is 29.6 Å². The van der Waals surface area contributed by atoms with E-state index in [1.165, 1.54) is 6.07 Å². The smallest absolute Gasteiger partial charge is 0.125 e. The third-order valence-corrected chi connectivity index (χ3v) is 3.08. The SMILES string of the molecule is Cc1ccc(F)cc1N1CCNC(C)(C)C1. The number of rotatable bonds is 1. The first-order valence-corrected chi connectivity index (χ1v) is 5.74. The van der Waals surface area contributed by atoms with Gasteiger partial charge in [0, 0.05) is 30.9 Å². The van der Waals surface area contributed by atoms with Crippen molar-refractivity contribution in [2.24, 2.45) is 0 Å². The zero-order chi connectivity index (χ0) is 11.8. The highest BCUT2D eigenvalue weighted by Crippen LogP contribution is 2.24. The van der Waals surface area contributed by atoms with Crippen LogP contribution in [0.4, 0.5) is 10.1 Å². The molecule has 0 radical (unpaired) electrons. The number of anilines is 1. The summed E-state index contributed by atoms with van der Waals surface area (Å²) in [6.07, 6.45) is 0. The van der Waals surface area contributed by atoms with Gasteiger partial charge in [-0.25, -0.2) is 4.39 Å². The van der Waals surface area contributed by atoms with Crippen LogP contribution in [0.1, 0.15) is 19.4 Å². The quantitative estimate of drug-likeness (QED) is 0.784. The molecule has 1 saturated heterocycles. The Kier molecular flexibility index (Phi) is 2.89. The Morgan fingerprint density at radius 2 is 2.12 bits per heavy atom. The van der Waals surface area contributed by atoms with Crippen molar-refractivity contribution in [3.63, 3.8) is 0 Å². The molecule has 0 unspecified atom stereocenters. The van der Waals surface area contributed by atoms with Gasteiger partial charge in [0.05, 0.1) is 0 Å². The molecule has 0 atom stereocenters. The average molecular weight is 222 g/mol. The molecular formula is C13H19FN2. The van der Waals surface area contributed by atoms with Gasteiger partial charge in [-0.1, -0.05) is 6.07 Å². The van der Waals surface area contributed by atoms with E-state index in [0.717, 1.165) is 30.9 Å². The lowest BCUT2D eigenvalue weighted by Crippen LogP contribution is -2.57. The molecule has 2 rings (SSSR count). The van der Waals surface area contributed by atoms with Gasteiger partial charge in [0.1, 0.15) is 5.82 Å². The summed E-state index contributed by atoms with van der Waals surface area (Å²) in [4.78, 5) is 2.26. The van der Waals surface area contributed by atoms with Crippen LogP contribution < -0.4 is 10.2 Å². The maximum Gasteiger partial charge on any atom is 0.125 e. The van der Waals surface area contributed by atoms with Crippen LogP contribution in [0.15, 0.2) is 18.2 Å². The van der Waals surface area contributed by atoms with Gasteiger partial charge in [-0.3, -0.25) is 0 Å². The molecule has 0 bridgehead atoms. The molecule has 1 aliphatic heterocycles. The van der Waals surface area contributed by atoms with Crippen LogP contribution in [0.25, 0.3) is 0 Å². The number of aryl methyl sites for hydroxylation is 1. The van der Waals surface area contributed by atoms with Gasteiger partial charge in [0.2, 0.25) is 0 Å². The summed E-state index contributed by atoms with van der Waals surface area (Å²) in [6.45, 7) is 9.18. The van der Waals surface area contributed by atoms with Crippen LogP contribution in [-0.2, 0) is 0 Å². The molecule has 1 aromatic rings. The molecule has 0 saturated carbocycles. The number of nitrogens with zero attached hydrogens (tertiary/aromatic N) is 1. The molecule has 88 valence electrons. The van der Waals surface area contributed by atoms with Crippen molar-refractivity contribution in [1.29, 1.82) is 0 Å². The molecule has 3 heteroatoms. The summed E-state index contributed by atoms with van der Waals surface area (Å²) in [5.41, 5.74) is 2.26. The van der Waals surface area contributed by atoms with Crippen LogP contribution >= 0.6 is 0 Å². The fourth-order valence-electron chi connectivity index (χ4n) is 2.27. The standard InChI is InChI=1S/C13H19FN2/c1-10-4-5-11(14)8-12(10)16-7-6-15-13(2,3)9-16/h4-5,8,15H,6-7,9H2,1-3H3. The highest BCUT2D eigenvalue weighted by atomic mass is 19.1. The number of hydrogen-bond donors (Lipinski definition) is 1. The molecule has 2 nitrogen and oxygen atoms in total. The van der Waals surface area contributed by atoms with Crippen LogP contribution in [0.3, 0.4) is 0 Å². The van der Waals surface area contributed by atoms with E-state index in [4.69, 9.17) is 0 Å². The van der Waals surface area contributed by atoms with Crippen molar-refractivity contribution in [3.8, 4) is 0 Å². The van der Waals surface area contributed by atoms with E-state index in [1.807, 2.05) is 13.0 Å². The minimum atomic E-state index is -0.156. The normalized spacial score (nSPS) is 19.9. The second-order valence-electron chi connectivity index (χ2n) is 5.16. The summed E-state index contributed by atoms with van der Waals surface area (Å²) in [6, 6.07) is 5.00. The maximum atomic E-state index is 13.3. The summed E-state index contributed by atoms with van der Waals surface area (Å²) >= 11 is 0. The molecule has 0 aromatic heterocycles. The minimum absolute atomic E-state index is 0.0943. The third-order valence-electron chi connectivity index (χ3n) is 3.08. The number of hydrogen-bond acceptors (Lipinski definition) is 2. The average Bonchev–Trinajstić information content (AvgIpc) is 2.20. The molecular weight excluding hydrogens is 203 g/mol. The number of halogens is 1. The molecule has 1 N–H and O–H groups in total. The summed E-state index contributed by atoms with van der Waals surface area (Å²) < 4.78 is 13.3. The molecule has 1 fully saturated rings. The van der Waals surface area contributed by atoms with E-state index < -0.39 is 0 Å². The van der Waals surface area contributed by atoms with E-state index in [1.54, 1.807) is 6.07 Å². The monoisotopic (exact) mass is 222 g/mol. The molecule has 1 heterocycles. The second kappa shape index (κ2) is 4.06. The highest BCUT2D eigenvalue weighted by Gasteiger charge is 2.26. The van der Waals surface area contributed by atoms with Gasteiger partial charge in [0.25, 0.3) is 0 Å². The fourth-order valence-corrected chi connectivity index (χ4v) is 2.27. The topological polar surface area (TPSA) is 15.3 Å². The Hall–Kier alpha value is -1.09. The first kappa shape index (κ1) is 11.4. The Balaban J connectivity index is 2.26. The Morgan fingerprint density at radius 1 is 1.38 bits per heavy atom. The van der Waals surface area contributed by atoms with Crippen LogP contribution in [0, 0.1) is 12.7 Å². The Labute approximate surface area is 96.5 Å². The van der Waals surface area contributed by atoms with Gasteiger partial charge >= 0.3 is 0 Å². The molecule has 0 amide bonds. The first-order chi connectivity index (χ1) is 7.48. The maximum absolute atomic E-state index is 13.3. The largest absolute Gasteiger partial charge is 0.368 e. The van der Waals surface area contributed by atoms with Gasteiger partial charge in [-0.15, -0.1) is 0 Å². The third kappa shape index (κ3) is 2.35. The summed E-state index contributed by atoms with van der Waals surface area (Å²) in [5, 5.41) is 3.46. The van der Waals surface area contributed by atoms with E-state index in [2.05, 4.69) is 24.1 Å². The molecule has 0 aliphatic carbocycles. The van der Waals surface area contributed by atoms with Gasteiger partial charge in [0.15, 0.2) is 0 Å². The molecule has 1 aromatic carbocycles. The lowest BCUT2D eigenvalue weighted by Gasteiger charge is -2.41. The molecule has 16 heavy (non-hydrogen) atoms. The Morgan fingerprint density at radius 3 is 2.81 bits per heavy atom.